The van der Waals surface area contributed by atoms with Crippen molar-refractivity contribution in [1.82, 2.24) is 40.0 Å². The summed E-state index contributed by atoms with van der Waals surface area (Å²) in [6, 6.07) is 10.8. The minimum absolute atomic E-state index is 0.341. The van der Waals surface area contributed by atoms with Crippen molar-refractivity contribution >= 4 is 0 Å². The van der Waals surface area contributed by atoms with Crippen LogP contribution in [0.1, 0.15) is 63.2 Å². The molecule has 1 unspecified atom stereocenters. The summed E-state index contributed by atoms with van der Waals surface area (Å²) in [5.41, 5.74) is 2.30. The number of rotatable bonds is 9. The maximum absolute atomic E-state index is 14.5. The van der Waals surface area contributed by atoms with Crippen LogP contribution in [0.5, 0.6) is 0 Å². The number of nitrogens with one attached hydrogen (secondary N) is 1. The van der Waals surface area contributed by atoms with E-state index in [9.17, 15) is 4.39 Å². The van der Waals surface area contributed by atoms with Crippen molar-refractivity contribution < 1.29 is 4.39 Å². The molecule has 0 fully saturated rings. The number of hydrogen-bond acceptors (Lipinski definition) is 5. The highest BCUT2D eigenvalue weighted by atomic mass is 19.1. The standard InChI is InChI=1S/C22H27FN8/c1-4-6-7-20-24-22(15(3)5-2)30(27-20)14-16-8-10-17(11-9-16)31-18(12-13-19(31)23)21-25-28-29-26-21/h8-13,15H,4-7,14H2,1-3H3,(H,25,26,28,29). The van der Waals surface area contributed by atoms with Gasteiger partial charge in [0.2, 0.25) is 5.82 Å². The van der Waals surface area contributed by atoms with Crippen molar-refractivity contribution in [3.05, 3.63) is 59.6 Å². The monoisotopic (exact) mass is 422 g/mol. The summed E-state index contributed by atoms with van der Waals surface area (Å²) in [6.07, 6.45) is 4.12. The second-order valence-corrected chi connectivity index (χ2v) is 7.74. The zero-order valence-electron chi connectivity index (χ0n) is 18.1. The van der Waals surface area contributed by atoms with Gasteiger partial charge in [-0.1, -0.05) is 39.3 Å². The Kier molecular flexibility index (Phi) is 6.20. The van der Waals surface area contributed by atoms with Gasteiger partial charge in [0.15, 0.2) is 11.8 Å². The van der Waals surface area contributed by atoms with Crippen molar-refractivity contribution in [2.24, 2.45) is 0 Å². The lowest BCUT2D eigenvalue weighted by atomic mass is 10.1. The number of aromatic nitrogens is 8. The highest BCUT2D eigenvalue weighted by Gasteiger charge is 2.17. The fourth-order valence-electron chi connectivity index (χ4n) is 3.55. The Morgan fingerprint density at radius 3 is 2.58 bits per heavy atom. The number of halogens is 1. The zero-order valence-corrected chi connectivity index (χ0v) is 18.1. The lowest BCUT2D eigenvalue weighted by Crippen LogP contribution is -2.10. The minimum Gasteiger partial charge on any atom is -0.283 e. The number of hydrogen-bond donors (Lipinski definition) is 1. The SMILES string of the molecule is CCCCc1nc(C(C)CC)n(Cc2ccc(-n3c(F)ccc3-c3nn[nH]n3)cc2)n1. The van der Waals surface area contributed by atoms with Crippen LogP contribution in [0.25, 0.3) is 17.2 Å². The second kappa shape index (κ2) is 9.20. The topological polar surface area (TPSA) is 90.1 Å². The molecule has 162 valence electrons. The first-order valence-corrected chi connectivity index (χ1v) is 10.7. The molecule has 0 saturated carbocycles. The van der Waals surface area contributed by atoms with Crippen LogP contribution in [0.15, 0.2) is 36.4 Å². The van der Waals surface area contributed by atoms with E-state index in [4.69, 9.17) is 10.1 Å². The van der Waals surface area contributed by atoms with Crippen LogP contribution in [0.3, 0.4) is 0 Å². The molecule has 0 bridgehead atoms. The molecule has 0 amide bonds. The Morgan fingerprint density at radius 2 is 1.90 bits per heavy atom. The molecule has 0 aliphatic rings. The molecular weight excluding hydrogens is 395 g/mol. The molecule has 0 aliphatic carbocycles. The first kappa shape index (κ1) is 20.9. The maximum Gasteiger partial charge on any atom is 0.221 e. The maximum atomic E-state index is 14.5. The van der Waals surface area contributed by atoms with E-state index in [1.807, 2.05) is 28.9 Å². The van der Waals surface area contributed by atoms with Gasteiger partial charge < -0.3 is 0 Å². The van der Waals surface area contributed by atoms with Gasteiger partial charge in [0.25, 0.3) is 0 Å². The van der Waals surface area contributed by atoms with Crippen LogP contribution in [0.4, 0.5) is 4.39 Å². The van der Waals surface area contributed by atoms with Gasteiger partial charge >= 0.3 is 0 Å². The van der Waals surface area contributed by atoms with E-state index in [-0.39, 0.29) is 5.95 Å². The highest BCUT2D eigenvalue weighted by molar-refractivity contribution is 5.55. The number of aromatic amines is 1. The molecule has 0 spiro atoms. The summed E-state index contributed by atoms with van der Waals surface area (Å²) < 4.78 is 18.0. The predicted molar refractivity (Wildman–Crippen MR) is 115 cm³/mol. The number of aryl methyl sites for hydroxylation is 1. The lowest BCUT2D eigenvalue weighted by molar-refractivity contribution is 0.560. The first-order valence-electron chi connectivity index (χ1n) is 10.7. The Hall–Kier alpha value is -3.36. The average Bonchev–Trinajstić information content (AvgIpc) is 3.52. The van der Waals surface area contributed by atoms with Crippen LogP contribution in [-0.4, -0.2) is 40.0 Å². The molecule has 4 rings (SSSR count). The fourth-order valence-corrected chi connectivity index (χ4v) is 3.55. The fraction of sp³-hybridized carbons (Fsp3) is 0.409. The Labute approximate surface area is 180 Å². The molecular formula is C22H27FN8. The third-order valence-electron chi connectivity index (χ3n) is 5.49. The molecule has 1 aromatic carbocycles. The van der Waals surface area contributed by atoms with E-state index < -0.39 is 0 Å². The summed E-state index contributed by atoms with van der Waals surface area (Å²) in [4.78, 5) is 4.80. The van der Waals surface area contributed by atoms with E-state index in [2.05, 4.69) is 41.4 Å². The number of H-pyrrole nitrogens is 1. The average molecular weight is 423 g/mol. The summed E-state index contributed by atoms with van der Waals surface area (Å²) in [5, 5.41) is 18.7. The third kappa shape index (κ3) is 4.40. The molecule has 1 atom stereocenters. The molecule has 4 aromatic rings. The van der Waals surface area contributed by atoms with Crippen molar-refractivity contribution in [1.29, 1.82) is 0 Å². The lowest BCUT2D eigenvalue weighted by Gasteiger charge is -2.12. The van der Waals surface area contributed by atoms with E-state index in [1.165, 1.54) is 10.6 Å². The van der Waals surface area contributed by atoms with Crippen LogP contribution < -0.4 is 0 Å². The van der Waals surface area contributed by atoms with Gasteiger partial charge in [0, 0.05) is 18.0 Å². The van der Waals surface area contributed by atoms with E-state index in [1.54, 1.807) is 6.07 Å². The van der Waals surface area contributed by atoms with Gasteiger partial charge in [0.1, 0.15) is 5.82 Å². The van der Waals surface area contributed by atoms with Gasteiger partial charge in [-0.05, 0) is 47.9 Å². The molecule has 1 N–H and O–H groups in total. The zero-order chi connectivity index (χ0) is 21.8. The van der Waals surface area contributed by atoms with E-state index in [0.29, 0.717) is 29.7 Å². The van der Waals surface area contributed by atoms with Gasteiger partial charge in [0.05, 0.1) is 12.2 Å². The van der Waals surface area contributed by atoms with Crippen molar-refractivity contribution in [3.8, 4) is 17.2 Å². The van der Waals surface area contributed by atoms with Crippen LogP contribution in [-0.2, 0) is 13.0 Å². The van der Waals surface area contributed by atoms with Crippen molar-refractivity contribution in [2.45, 2.75) is 58.9 Å². The Morgan fingerprint density at radius 1 is 1.10 bits per heavy atom. The summed E-state index contributed by atoms with van der Waals surface area (Å²) >= 11 is 0. The molecule has 31 heavy (non-hydrogen) atoms. The quantitative estimate of drug-likeness (QED) is 0.434. The van der Waals surface area contributed by atoms with Crippen LogP contribution in [0.2, 0.25) is 0 Å². The minimum atomic E-state index is -0.386. The van der Waals surface area contributed by atoms with Gasteiger partial charge in [-0.15, -0.1) is 10.2 Å². The largest absolute Gasteiger partial charge is 0.283 e. The number of tetrazole rings is 1. The van der Waals surface area contributed by atoms with E-state index in [0.717, 1.165) is 42.9 Å². The van der Waals surface area contributed by atoms with Gasteiger partial charge in [-0.3, -0.25) is 4.57 Å². The second-order valence-electron chi connectivity index (χ2n) is 7.74. The number of benzene rings is 1. The highest BCUT2D eigenvalue weighted by Crippen LogP contribution is 2.24. The first-order chi connectivity index (χ1) is 15.1. The molecule has 3 aromatic heterocycles. The van der Waals surface area contributed by atoms with Crippen molar-refractivity contribution in [2.75, 3.05) is 0 Å². The Balaban J connectivity index is 1.59. The van der Waals surface area contributed by atoms with E-state index >= 15 is 0 Å². The number of unbranched alkanes of at least 4 members (excludes halogenated alkanes) is 1. The third-order valence-corrected chi connectivity index (χ3v) is 5.49. The van der Waals surface area contributed by atoms with Crippen molar-refractivity contribution in [3.63, 3.8) is 0 Å². The van der Waals surface area contributed by atoms with Crippen LogP contribution in [0, 0.1) is 5.95 Å². The predicted octanol–water partition coefficient (Wildman–Crippen LogP) is 4.29. The molecule has 9 heteroatoms. The number of nitrogens with zero attached hydrogens (tertiary/aromatic N) is 7. The summed E-state index contributed by atoms with van der Waals surface area (Å²) in [6.45, 7) is 7.15. The summed E-state index contributed by atoms with van der Waals surface area (Å²) in [7, 11) is 0. The normalized spacial score (nSPS) is 12.4. The molecule has 0 saturated heterocycles. The van der Waals surface area contributed by atoms with Gasteiger partial charge in [-0.25, -0.2) is 9.67 Å². The molecule has 3 heterocycles. The molecule has 8 nitrogen and oxygen atoms in total. The smallest absolute Gasteiger partial charge is 0.221 e. The van der Waals surface area contributed by atoms with Gasteiger partial charge in [-0.2, -0.15) is 14.7 Å². The molecule has 0 radical (unpaired) electrons. The Bertz CT molecular complexity index is 1110. The molecule has 0 aliphatic heterocycles. The van der Waals surface area contributed by atoms with Crippen LogP contribution >= 0.6 is 0 Å². The summed E-state index contributed by atoms with van der Waals surface area (Å²) in [5.74, 6) is 2.23.